The number of nitrogens with zero attached hydrogens (tertiary/aromatic N) is 2. The summed E-state index contributed by atoms with van der Waals surface area (Å²) in [5.74, 6) is -1.20. The van der Waals surface area contributed by atoms with Gasteiger partial charge in [0.1, 0.15) is 5.82 Å². The molecule has 0 aliphatic carbocycles. The molecule has 0 spiro atoms. The van der Waals surface area contributed by atoms with Gasteiger partial charge in [-0.2, -0.15) is 13.2 Å². The van der Waals surface area contributed by atoms with Gasteiger partial charge in [0.05, 0.1) is 0 Å². The van der Waals surface area contributed by atoms with Crippen molar-refractivity contribution in [2.75, 3.05) is 0 Å². The molecule has 94 valence electrons. The molecule has 1 atom stereocenters. The summed E-state index contributed by atoms with van der Waals surface area (Å²) in [6.45, 7) is 2.15. The van der Waals surface area contributed by atoms with Crippen molar-refractivity contribution in [3.63, 3.8) is 0 Å². The summed E-state index contributed by atoms with van der Waals surface area (Å²) in [7, 11) is 0. The van der Waals surface area contributed by atoms with Crippen LogP contribution in [0.3, 0.4) is 0 Å². The Kier molecular flexibility index (Phi) is 2.63. The van der Waals surface area contributed by atoms with Crippen LogP contribution in [0.4, 0.5) is 13.2 Å². The number of aryl methyl sites for hydroxylation is 1. The maximum Gasteiger partial charge on any atom is 0.435 e. The van der Waals surface area contributed by atoms with Crippen molar-refractivity contribution in [3.8, 4) is 0 Å². The smallest absolute Gasteiger partial charge is 0.435 e. The van der Waals surface area contributed by atoms with Crippen LogP contribution in [0.15, 0.2) is 0 Å². The van der Waals surface area contributed by atoms with Gasteiger partial charge in [-0.05, 0) is 12.3 Å². The Morgan fingerprint density at radius 3 is 2.71 bits per heavy atom. The molecule has 0 saturated carbocycles. The highest BCUT2D eigenvalue weighted by Gasteiger charge is 2.42. The van der Waals surface area contributed by atoms with Crippen LogP contribution < -0.4 is 0 Å². The molecular formula is C10H11F3N2O2. The van der Waals surface area contributed by atoms with Crippen molar-refractivity contribution in [2.45, 2.75) is 32.5 Å². The molecule has 1 N–H and O–H groups in total. The molecule has 2 rings (SSSR count). The summed E-state index contributed by atoms with van der Waals surface area (Å²) in [4.78, 5) is 14.4. The van der Waals surface area contributed by atoms with Crippen molar-refractivity contribution in [2.24, 2.45) is 5.92 Å². The van der Waals surface area contributed by atoms with E-state index in [-0.39, 0.29) is 18.3 Å². The molecule has 17 heavy (non-hydrogen) atoms. The monoisotopic (exact) mass is 248 g/mol. The minimum atomic E-state index is -4.72. The average Bonchev–Trinajstić information content (AvgIpc) is 2.55. The second-order valence-corrected chi connectivity index (χ2v) is 4.28. The maximum absolute atomic E-state index is 12.7. The van der Waals surface area contributed by atoms with Crippen molar-refractivity contribution < 1.29 is 23.1 Å². The van der Waals surface area contributed by atoms with E-state index in [1.807, 2.05) is 6.92 Å². The van der Waals surface area contributed by atoms with Crippen LogP contribution in [0.25, 0.3) is 0 Å². The van der Waals surface area contributed by atoms with Crippen molar-refractivity contribution in [1.29, 1.82) is 0 Å². The molecule has 1 aliphatic rings. The highest BCUT2D eigenvalue weighted by molar-refractivity contribution is 5.87. The highest BCUT2D eigenvalue weighted by Crippen LogP contribution is 2.34. The number of rotatable bonds is 1. The van der Waals surface area contributed by atoms with Crippen molar-refractivity contribution in [1.82, 2.24) is 9.55 Å². The van der Waals surface area contributed by atoms with Gasteiger partial charge in [0.25, 0.3) is 0 Å². The predicted molar refractivity (Wildman–Crippen MR) is 51.7 cm³/mol. The van der Waals surface area contributed by atoms with E-state index in [9.17, 15) is 18.0 Å². The van der Waals surface area contributed by atoms with Gasteiger partial charge in [-0.3, -0.25) is 0 Å². The van der Waals surface area contributed by atoms with Gasteiger partial charge in [-0.15, -0.1) is 0 Å². The normalized spacial score (nSPS) is 20.1. The zero-order valence-corrected chi connectivity index (χ0v) is 9.08. The van der Waals surface area contributed by atoms with Gasteiger partial charge >= 0.3 is 12.1 Å². The second-order valence-electron chi connectivity index (χ2n) is 4.28. The van der Waals surface area contributed by atoms with Gasteiger partial charge in [0, 0.05) is 13.0 Å². The largest absolute Gasteiger partial charge is 0.477 e. The third-order valence-electron chi connectivity index (χ3n) is 2.87. The first kappa shape index (κ1) is 11.9. The standard InChI is InChI=1S/C10H11F3N2O2/c1-5-2-3-6-14-8(10(11,12)13)7(9(16)17)15(6)4-5/h5H,2-4H2,1H3,(H,16,17). The van der Waals surface area contributed by atoms with Crippen LogP contribution >= 0.6 is 0 Å². The zero-order chi connectivity index (χ0) is 12.8. The quantitative estimate of drug-likeness (QED) is 0.828. The minimum absolute atomic E-state index is 0.163. The van der Waals surface area contributed by atoms with Crippen molar-refractivity contribution >= 4 is 5.97 Å². The number of fused-ring (bicyclic) bond motifs is 1. The number of halogens is 3. The Bertz CT molecular complexity index is 465. The molecule has 0 saturated heterocycles. The van der Waals surface area contributed by atoms with Gasteiger partial charge in [-0.1, -0.05) is 6.92 Å². The van der Waals surface area contributed by atoms with Gasteiger partial charge in [0.15, 0.2) is 11.4 Å². The number of carbonyl (C=O) groups is 1. The van der Waals surface area contributed by atoms with Crippen LogP contribution in [0.1, 0.15) is 35.4 Å². The molecule has 0 aromatic carbocycles. The van der Waals surface area contributed by atoms with E-state index in [1.54, 1.807) is 0 Å². The summed E-state index contributed by atoms with van der Waals surface area (Å²) in [5.41, 5.74) is -2.02. The van der Waals surface area contributed by atoms with Gasteiger partial charge < -0.3 is 9.67 Å². The molecule has 7 heteroatoms. The number of carboxylic acid groups (broad SMARTS) is 1. The highest BCUT2D eigenvalue weighted by atomic mass is 19.4. The number of aromatic carboxylic acids is 1. The predicted octanol–water partition coefficient (Wildman–Crippen LogP) is 2.18. The Balaban J connectivity index is 2.59. The fourth-order valence-electron chi connectivity index (χ4n) is 2.08. The molecule has 2 heterocycles. The maximum atomic E-state index is 12.7. The molecular weight excluding hydrogens is 237 g/mol. The van der Waals surface area contributed by atoms with E-state index < -0.39 is 23.5 Å². The average molecular weight is 248 g/mol. The molecule has 1 aromatic heterocycles. The molecule has 0 fully saturated rings. The number of hydrogen-bond donors (Lipinski definition) is 1. The molecule has 1 aliphatic heterocycles. The molecule has 1 unspecified atom stereocenters. The Hall–Kier alpha value is -1.53. The fourth-order valence-corrected chi connectivity index (χ4v) is 2.08. The first-order valence-electron chi connectivity index (χ1n) is 5.20. The Morgan fingerprint density at radius 2 is 2.18 bits per heavy atom. The van der Waals surface area contributed by atoms with Crippen LogP contribution in [0.2, 0.25) is 0 Å². The van der Waals surface area contributed by atoms with Gasteiger partial charge in [-0.25, -0.2) is 9.78 Å². The molecule has 0 radical (unpaired) electrons. The topological polar surface area (TPSA) is 55.1 Å². The minimum Gasteiger partial charge on any atom is -0.477 e. The summed E-state index contributed by atoms with van der Waals surface area (Å²) in [5, 5.41) is 8.90. The third kappa shape index (κ3) is 2.01. The zero-order valence-electron chi connectivity index (χ0n) is 9.08. The first-order chi connectivity index (χ1) is 7.80. The van der Waals surface area contributed by atoms with Crippen LogP contribution in [0, 0.1) is 5.92 Å². The lowest BCUT2D eigenvalue weighted by atomic mass is 10.0. The number of carboxylic acids is 1. The SMILES string of the molecule is CC1CCc2nc(C(F)(F)F)c(C(=O)O)n2C1. The lowest BCUT2D eigenvalue weighted by Crippen LogP contribution is -2.22. The van der Waals surface area contributed by atoms with Crippen molar-refractivity contribution in [3.05, 3.63) is 17.2 Å². The summed E-state index contributed by atoms with van der Waals surface area (Å²) >= 11 is 0. The first-order valence-corrected chi connectivity index (χ1v) is 5.20. The van der Waals surface area contributed by atoms with E-state index in [2.05, 4.69) is 4.98 Å². The second kappa shape index (κ2) is 3.75. The fraction of sp³-hybridized carbons (Fsp3) is 0.600. The van der Waals surface area contributed by atoms with E-state index in [4.69, 9.17) is 5.11 Å². The van der Waals surface area contributed by atoms with E-state index in [0.29, 0.717) is 6.42 Å². The molecule has 4 nitrogen and oxygen atoms in total. The lowest BCUT2D eigenvalue weighted by Gasteiger charge is -2.20. The molecule has 0 amide bonds. The third-order valence-corrected chi connectivity index (χ3v) is 2.87. The number of hydrogen-bond acceptors (Lipinski definition) is 2. The Labute approximate surface area is 95.1 Å². The summed E-state index contributed by atoms with van der Waals surface area (Å²) < 4.78 is 39.1. The van der Waals surface area contributed by atoms with E-state index in [1.165, 1.54) is 4.57 Å². The van der Waals surface area contributed by atoms with Crippen LogP contribution in [0.5, 0.6) is 0 Å². The van der Waals surface area contributed by atoms with Crippen LogP contribution in [-0.2, 0) is 19.1 Å². The number of alkyl halides is 3. The lowest BCUT2D eigenvalue weighted by molar-refractivity contribution is -0.141. The summed E-state index contributed by atoms with van der Waals surface area (Å²) in [6, 6.07) is 0. The Morgan fingerprint density at radius 1 is 1.53 bits per heavy atom. The molecule has 0 bridgehead atoms. The number of aromatic nitrogens is 2. The van der Waals surface area contributed by atoms with E-state index in [0.717, 1.165) is 6.42 Å². The van der Waals surface area contributed by atoms with Crippen LogP contribution in [-0.4, -0.2) is 20.6 Å². The van der Waals surface area contributed by atoms with E-state index >= 15 is 0 Å². The molecule has 1 aromatic rings. The van der Waals surface area contributed by atoms with Gasteiger partial charge in [0.2, 0.25) is 0 Å². The summed E-state index contributed by atoms with van der Waals surface area (Å²) in [6.07, 6.45) is -3.60. The number of imidazole rings is 1.